The molecule has 0 bridgehead atoms. The third kappa shape index (κ3) is 4.00. The Hall–Kier alpha value is -1.02. The van der Waals surface area contributed by atoms with Crippen molar-refractivity contribution < 1.29 is 0 Å². The molecular weight excluding hydrogens is 301 g/mol. The van der Waals surface area contributed by atoms with E-state index in [-0.39, 0.29) is 0 Å². The minimum absolute atomic E-state index is 0.810. The van der Waals surface area contributed by atoms with E-state index in [0.717, 1.165) is 42.5 Å². The second-order valence-corrected chi connectivity index (χ2v) is 6.54. The summed E-state index contributed by atoms with van der Waals surface area (Å²) in [6.45, 7) is 3.33. The Morgan fingerprint density at radius 1 is 0.905 bits per heavy atom. The van der Waals surface area contributed by atoms with Crippen molar-refractivity contribution in [1.82, 2.24) is 4.90 Å². The number of benzene rings is 2. The Bertz CT molecular complexity index is 607. The van der Waals surface area contributed by atoms with Gasteiger partial charge in [0.05, 0.1) is 0 Å². The number of hydrogen-bond acceptors (Lipinski definition) is 1. The highest BCUT2D eigenvalue weighted by Crippen LogP contribution is 2.22. The van der Waals surface area contributed by atoms with Gasteiger partial charge in [-0.25, -0.2) is 0 Å². The monoisotopic (exact) mass is 319 g/mol. The van der Waals surface area contributed by atoms with Crippen LogP contribution in [0.25, 0.3) is 0 Å². The molecule has 0 saturated heterocycles. The molecule has 3 heteroatoms. The van der Waals surface area contributed by atoms with Crippen LogP contribution in [0, 0.1) is 0 Å². The van der Waals surface area contributed by atoms with E-state index in [1.54, 1.807) is 0 Å². The Balaban J connectivity index is 1.51. The lowest BCUT2D eigenvalue weighted by atomic mass is 9.99. The van der Waals surface area contributed by atoms with Crippen molar-refractivity contribution in [3.05, 3.63) is 69.2 Å². The molecule has 0 aromatic heterocycles. The van der Waals surface area contributed by atoms with Crippen LogP contribution in [0.15, 0.2) is 42.5 Å². The van der Waals surface area contributed by atoms with Crippen molar-refractivity contribution in [2.24, 2.45) is 0 Å². The lowest BCUT2D eigenvalue weighted by molar-refractivity contribution is 0.251. The summed E-state index contributed by atoms with van der Waals surface area (Å²) in [7, 11) is 0. The van der Waals surface area contributed by atoms with Crippen molar-refractivity contribution in [1.29, 1.82) is 0 Å². The van der Waals surface area contributed by atoms with Crippen LogP contribution in [0.3, 0.4) is 0 Å². The number of fused-ring (bicyclic) bond motifs is 1. The lowest BCUT2D eigenvalue weighted by Gasteiger charge is -2.28. The first-order valence-electron chi connectivity index (χ1n) is 7.45. The molecule has 0 atom stereocenters. The maximum atomic E-state index is 6.05. The van der Waals surface area contributed by atoms with Gasteiger partial charge < -0.3 is 0 Å². The SMILES string of the molecule is Clc1ccc(CCCN2CCc3cc(Cl)ccc3C2)cc1. The highest BCUT2D eigenvalue weighted by Gasteiger charge is 2.15. The molecular formula is C18H19Cl2N. The van der Waals surface area contributed by atoms with E-state index in [0.29, 0.717) is 0 Å². The molecule has 1 heterocycles. The van der Waals surface area contributed by atoms with Gasteiger partial charge in [0.15, 0.2) is 0 Å². The number of aryl methyl sites for hydroxylation is 1. The van der Waals surface area contributed by atoms with E-state index >= 15 is 0 Å². The van der Waals surface area contributed by atoms with Crippen LogP contribution in [-0.2, 0) is 19.4 Å². The minimum Gasteiger partial charge on any atom is -0.299 e. The number of nitrogens with zero attached hydrogens (tertiary/aromatic N) is 1. The molecule has 0 radical (unpaired) electrons. The predicted octanol–water partition coefficient (Wildman–Crippen LogP) is 4.98. The lowest BCUT2D eigenvalue weighted by Crippen LogP contribution is -2.31. The molecule has 0 aliphatic carbocycles. The van der Waals surface area contributed by atoms with Gasteiger partial charge in [-0.05, 0) is 66.8 Å². The highest BCUT2D eigenvalue weighted by atomic mass is 35.5. The molecule has 1 aliphatic heterocycles. The zero-order valence-corrected chi connectivity index (χ0v) is 13.5. The van der Waals surface area contributed by atoms with Crippen molar-refractivity contribution in [2.75, 3.05) is 13.1 Å². The Morgan fingerprint density at radius 2 is 1.67 bits per heavy atom. The van der Waals surface area contributed by atoms with Crippen LogP contribution in [0.5, 0.6) is 0 Å². The summed E-state index contributed by atoms with van der Waals surface area (Å²) in [5.41, 5.74) is 4.21. The summed E-state index contributed by atoms with van der Waals surface area (Å²) >= 11 is 12.0. The van der Waals surface area contributed by atoms with Crippen molar-refractivity contribution in [3.8, 4) is 0 Å². The standard InChI is InChI=1S/C18H19Cl2N/c19-17-6-3-14(4-7-17)2-1-10-21-11-9-15-12-18(20)8-5-16(15)13-21/h3-8,12H,1-2,9-11,13H2. The van der Waals surface area contributed by atoms with Crippen molar-refractivity contribution in [2.45, 2.75) is 25.8 Å². The Labute approximate surface area is 136 Å². The molecule has 1 nitrogen and oxygen atoms in total. The molecule has 110 valence electrons. The first kappa shape index (κ1) is 14.9. The molecule has 0 saturated carbocycles. The van der Waals surface area contributed by atoms with Crippen LogP contribution in [-0.4, -0.2) is 18.0 Å². The first-order chi connectivity index (χ1) is 10.2. The molecule has 0 amide bonds. The van der Waals surface area contributed by atoms with Crippen LogP contribution < -0.4 is 0 Å². The van der Waals surface area contributed by atoms with E-state index in [4.69, 9.17) is 23.2 Å². The fourth-order valence-electron chi connectivity index (χ4n) is 2.93. The topological polar surface area (TPSA) is 3.24 Å². The van der Waals surface area contributed by atoms with Gasteiger partial charge in [0.1, 0.15) is 0 Å². The van der Waals surface area contributed by atoms with E-state index in [9.17, 15) is 0 Å². The molecule has 0 unspecified atom stereocenters. The van der Waals surface area contributed by atoms with Crippen molar-refractivity contribution >= 4 is 23.2 Å². The molecule has 3 rings (SSSR count). The largest absolute Gasteiger partial charge is 0.299 e. The molecule has 0 spiro atoms. The average Bonchev–Trinajstić information content (AvgIpc) is 2.49. The maximum Gasteiger partial charge on any atom is 0.0408 e. The van der Waals surface area contributed by atoms with Crippen molar-refractivity contribution in [3.63, 3.8) is 0 Å². The van der Waals surface area contributed by atoms with E-state index in [1.807, 2.05) is 18.2 Å². The zero-order chi connectivity index (χ0) is 14.7. The predicted molar refractivity (Wildman–Crippen MR) is 90.2 cm³/mol. The molecule has 21 heavy (non-hydrogen) atoms. The van der Waals surface area contributed by atoms with Gasteiger partial charge in [-0.1, -0.05) is 41.4 Å². The Morgan fingerprint density at radius 3 is 2.48 bits per heavy atom. The highest BCUT2D eigenvalue weighted by molar-refractivity contribution is 6.30. The first-order valence-corrected chi connectivity index (χ1v) is 8.20. The molecule has 1 aliphatic rings. The van der Waals surface area contributed by atoms with E-state index < -0.39 is 0 Å². The van der Waals surface area contributed by atoms with E-state index in [1.165, 1.54) is 23.1 Å². The summed E-state index contributed by atoms with van der Waals surface area (Å²) in [6.07, 6.45) is 3.41. The van der Waals surface area contributed by atoms with Crippen LogP contribution >= 0.6 is 23.2 Å². The summed E-state index contributed by atoms with van der Waals surface area (Å²) in [5, 5.41) is 1.66. The quantitative estimate of drug-likeness (QED) is 0.767. The van der Waals surface area contributed by atoms with Gasteiger partial charge in [-0.3, -0.25) is 4.90 Å². The fraction of sp³-hybridized carbons (Fsp3) is 0.333. The zero-order valence-electron chi connectivity index (χ0n) is 12.0. The molecule has 0 N–H and O–H groups in total. The second-order valence-electron chi connectivity index (χ2n) is 5.67. The van der Waals surface area contributed by atoms with Gasteiger partial charge in [0.2, 0.25) is 0 Å². The molecule has 2 aromatic carbocycles. The van der Waals surface area contributed by atoms with Gasteiger partial charge in [0, 0.05) is 23.1 Å². The van der Waals surface area contributed by atoms with Gasteiger partial charge >= 0.3 is 0 Å². The number of rotatable bonds is 4. The second kappa shape index (κ2) is 6.83. The van der Waals surface area contributed by atoms with Gasteiger partial charge in [-0.15, -0.1) is 0 Å². The van der Waals surface area contributed by atoms with E-state index in [2.05, 4.69) is 29.2 Å². The molecule has 2 aromatic rings. The maximum absolute atomic E-state index is 6.05. The third-order valence-electron chi connectivity index (χ3n) is 4.11. The number of hydrogen-bond donors (Lipinski definition) is 0. The van der Waals surface area contributed by atoms with Crippen LogP contribution in [0.2, 0.25) is 10.0 Å². The summed E-state index contributed by atoms with van der Waals surface area (Å²) in [6, 6.07) is 14.5. The average molecular weight is 320 g/mol. The van der Waals surface area contributed by atoms with Crippen LogP contribution in [0.1, 0.15) is 23.1 Å². The fourth-order valence-corrected chi connectivity index (χ4v) is 3.25. The Kier molecular flexibility index (Phi) is 4.84. The summed E-state index contributed by atoms with van der Waals surface area (Å²) in [5.74, 6) is 0. The minimum atomic E-state index is 0.810. The van der Waals surface area contributed by atoms with Gasteiger partial charge in [-0.2, -0.15) is 0 Å². The summed E-state index contributed by atoms with van der Waals surface area (Å²) < 4.78 is 0. The smallest absolute Gasteiger partial charge is 0.0408 e. The van der Waals surface area contributed by atoms with Gasteiger partial charge in [0.25, 0.3) is 0 Å². The van der Waals surface area contributed by atoms with Crippen LogP contribution in [0.4, 0.5) is 0 Å². The normalized spacial score (nSPS) is 15.0. The number of halogens is 2. The summed E-state index contributed by atoms with van der Waals surface area (Å²) in [4.78, 5) is 2.53. The molecule has 0 fully saturated rings. The third-order valence-corrected chi connectivity index (χ3v) is 4.60.